The van der Waals surface area contributed by atoms with Crippen LogP contribution < -0.4 is 4.72 Å². The van der Waals surface area contributed by atoms with E-state index in [1.54, 1.807) is 17.0 Å². The number of benzene rings is 1. The number of sulfonamides is 1. The van der Waals surface area contributed by atoms with E-state index < -0.39 is 21.2 Å². The van der Waals surface area contributed by atoms with E-state index >= 15 is 0 Å². The van der Waals surface area contributed by atoms with Gasteiger partial charge in [0.2, 0.25) is 15.9 Å². The van der Waals surface area contributed by atoms with Crippen molar-refractivity contribution in [3.63, 3.8) is 0 Å². The predicted molar refractivity (Wildman–Crippen MR) is 101 cm³/mol. The number of hydrogen-bond acceptors (Lipinski definition) is 4. The molecule has 7 nitrogen and oxygen atoms in total. The summed E-state index contributed by atoms with van der Waals surface area (Å²) in [4.78, 5) is 25.2. The van der Waals surface area contributed by atoms with E-state index in [-0.39, 0.29) is 30.5 Å². The Morgan fingerprint density at radius 3 is 2.37 bits per heavy atom. The summed E-state index contributed by atoms with van der Waals surface area (Å²) in [6.07, 6.45) is 5.22. The van der Waals surface area contributed by atoms with Crippen molar-refractivity contribution in [2.24, 2.45) is 5.92 Å². The normalized spacial score (nSPS) is 21.3. The predicted octanol–water partition coefficient (Wildman–Crippen LogP) is 1.99. The number of carbonyl (C=O) groups excluding carboxylic acids is 1. The van der Waals surface area contributed by atoms with E-state index in [4.69, 9.17) is 5.11 Å². The zero-order valence-electron chi connectivity index (χ0n) is 15.3. The highest BCUT2D eigenvalue weighted by atomic mass is 32.2. The van der Waals surface area contributed by atoms with Crippen LogP contribution in [0.3, 0.4) is 0 Å². The molecule has 1 heterocycles. The SMILES string of the molecule is O=C(O)c1ccc(CNS(=O)(=O)C2CCCN(C(=O)C3CCCC3)C2)cc1. The minimum absolute atomic E-state index is 0.0622. The summed E-state index contributed by atoms with van der Waals surface area (Å²) in [5, 5.41) is 8.31. The van der Waals surface area contributed by atoms with Gasteiger partial charge in [0.1, 0.15) is 0 Å². The van der Waals surface area contributed by atoms with Gasteiger partial charge < -0.3 is 10.0 Å². The van der Waals surface area contributed by atoms with Crippen LogP contribution in [0, 0.1) is 5.92 Å². The van der Waals surface area contributed by atoms with E-state index in [1.807, 2.05) is 0 Å². The fourth-order valence-electron chi connectivity index (χ4n) is 3.89. The Morgan fingerprint density at radius 1 is 1.07 bits per heavy atom. The lowest BCUT2D eigenvalue weighted by atomic mass is 10.0. The molecule has 148 valence electrons. The van der Waals surface area contributed by atoms with Crippen molar-refractivity contribution in [1.82, 2.24) is 9.62 Å². The largest absolute Gasteiger partial charge is 0.478 e. The average Bonchev–Trinajstić information content (AvgIpc) is 3.21. The van der Waals surface area contributed by atoms with E-state index in [0.29, 0.717) is 24.9 Å². The molecule has 1 amide bonds. The maximum absolute atomic E-state index is 12.7. The number of hydrogen-bond donors (Lipinski definition) is 2. The summed E-state index contributed by atoms with van der Waals surface area (Å²) in [6.45, 7) is 0.996. The summed E-state index contributed by atoms with van der Waals surface area (Å²) < 4.78 is 28.0. The molecule has 1 aromatic rings. The quantitative estimate of drug-likeness (QED) is 0.768. The zero-order valence-corrected chi connectivity index (χ0v) is 16.1. The van der Waals surface area contributed by atoms with Crippen LogP contribution >= 0.6 is 0 Å². The lowest BCUT2D eigenvalue weighted by molar-refractivity contribution is -0.136. The summed E-state index contributed by atoms with van der Waals surface area (Å²) >= 11 is 0. The molecule has 1 atom stereocenters. The standard InChI is InChI=1S/C19H26N2O5S/c22-18(15-4-1-2-5-15)21-11-3-6-17(13-21)27(25,26)20-12-14-7-9-16(10-8-14)19(23)24/h7-10,15,17,20H,1-6,11-13H2,(H,23,24). The fourth-order valence-corrected chi connectivity index (χ4v) is 5.35. The Bertz CT molecular complexity index is 785. The van der Waals surface area contributed by atoms with Crippen LogP contribution in [0.4, 0.5) is 0 Å². The maximum atomic E-state index is 12.7. The first kappa shape index (κ1) is 19.8. The first-order valence-corrected chi connectivity index (χ1v) is 11.0. The fraction of sp³-hybridized carbons (Fsp3) is 0.579. The minimum atomic E-state index is -3.56. The topological polar surface area (TPSA) is 104 Å². The number of amides is 1. The molecule has 0 radical (unpaired) electrons. The molecule has 1 aliphatic carbocycles. The van der Waals surface area contributed by atoms with E-state index in [0.717, 1.165) is 25.7 Å². The lowest BCUT2D eigenvalue weighted by Gasteiger charge is -2.34. The van der Waals surface area contributed by atoms with Gasteiger partial charge in [-0.25, -0.2) is 17.9 Å². The molecule has 0 spiro atoms. The van der Waals surface area contributed by atoms with Crippen molar-refractivity contribution in [3.8, 4) is 0 Å². The number of nitrogens with one attached hydrogen (secondary N) is 1. The number of rotatable bonds is 6. The van der Waals surface area contributed by atoms with Gasteiger partial charge in [-0.3, -0.25) is 4.79 Å². The second-order valence-corrected chi connectivity index (χ2v) is 9.44. The smallest absolute Gasteiger partial charge is 0.335 e. The second-order valence-electron chi connectivity index (χ2n) is 7.40. The highest BCUT2D eigenvalue weighted by molar-refractivity contribution is 7.90. The molecular weight excluding hydrogens is 368 g/mol. The Morgan fingerprint density at radius 2 is 1.74 bits per heavy atom. The van der Waals surface area contributed by atoms with Crippen LogP contribution in [0.1, 0.15) is 54.4 Å². The van der Waals surface area contributed by atoms with Crippen LogP contribution in [-0.4, -0.2) is 48.6 Å². The molecule has 2 N–H and O–H groups in total. The van der Waals surface area contributed by atoms with Crippen molar-refractivity contribution in [3.05, 3.63) is 35.4 Å². The molecule has 0 aromatic heterocycles. The van der Waals surface area contributed by atoms with Gasteiger partial charge in [-0.15, -0.1) is 0 Å². The summed E-state index contributed by atoms with van der Waals surface area (Å²) in [7, 11) is -3.56. The van der Waals surface area contributed by atoms with Gasteiger partial charge >= 0.3 is 5.97 Å². The number of aromatic carboxylic acids is 1. The zero-order chi connectivity index (χ0) is 19.4. The van der Waals surface area contributed by atoms with E-state index in [9.17, 15) is 18.0 Å². The third-order valence-electron chi connectivity index (χ3n) is 5.51. The van der Waals surface area contributed by atoms with Crippen LogP contribution in [0.25, 0.3) is 0 Å². The van der Waals surface area contributed by atoms with Crippen LogP contribution in [0.5, 0.6) is 0 Å². The van der Waals surface area contributed by atoms with Gasteiger partial charge in [0.15, 0.2) is 0 Å². The molecule has 1 saturated heterocycles. The van der Waals surface area contributed by atoms with Crippen molar-refractivity contribution in [2.45, 2.75) is 50.3 Å². The minimum Gasteiger partial charge on any atom is -0.478 e. The monoisotopic (exact) mass is 394 g/mol. The highest BCUT2D eigenvalue weighted by Gasteiger charge is 2.35. The van der Waals surface area contributed by atoms with Gasteiger partial charge in [-0.2, -0.15) is 0 Å². The number of carbonyl (C=O) groups is 2. The average molecular weight is 394 g/mol. The van der Waals surface area contributed by atoms with Crippen molar-refractivity contribution in [1.29, 1.82) is 0 Å². The first-order chi connectivity index (χ1) is 12.9. The highest BCUT2D eigenvalue weighted by Crippen LogP contribution is 2.28. The molecule has 27 heavy (non-hydrogen) atoms. The van der Waals surface area contributed by atoms with Gasteiger partial charge in [-0.1, -0.05) is 25.0 Å². The molecule has 1 unspecified atom stereocenters. The Kier molecular flexibility index (Phi) is 6.16. The van der Waals surface area contributed by atoms with Crippen LogP contribution in [0.2, 0.25) is 0 Å². The molecule has 1 saturated carbocycles. The van der Waals surface area contributed by atoms with Gasteiger partial charge in [0, 0.05) is 25.6 Å². The Hall–Kier alpha value is -1.93. The maximum Gasteiger partial charge on any atom is 0.335 e. The number of carboxylic acid groups (broad SMARTS) is 1. The van der Waals surface area contributed by atoms with Crippen molar-refractivity contribution >= 4 is 21.9 Å². The molecule has 1 aliphatic heterocycles. The Labute approximate surface area is 159 Å². The molecule has 8 heteroatoms. The summed E-state index contributed by atoms with van der Waals surface area (Å²) in [5.74, 6) is -0.847. The number of piperidine rings is 1. The Balaban J connectivity index is 1.58. The van der Waals surface area contributed by atoms with E-state index in [2.05, 4.69) is 4.72 Å². The van der Waals surface area contributed by atoms with E-state index in [1.165, 1.54) is 12.1 Å². The number of carboxylic acids is 1. The molecule has 1 aromatic carbocycles. The molecule has 2 aliphatic rings. The van der Waals surface area contributed by atoms with Gasteiger partial charge in [-0.05, 0) is 43.4 Å². The molecule has 2 fully saturated rings. The summed E-state index contributed by atoms with van der Waals surface area (Å²) in [5.41, 5.74) is 0.855. The first-order valence-electron chi connectivity index (χ1n) is 9.46. The van der Waals surface area contributed by atoms with Gasteiger partial charge in [0.25, 0.3) is 0 Å². The third kappa shape index (κ3) is 4.87. The van der Waals surface area contributed by atoms with Crippen LogP contribution in [-0.2, 0) is 21.4 Å². The lowest BCUT2D eigenvalue weighted by Crippen LogP contribution is -2.49. The van der Waals surface area contributed by atoms with Gasteiger partial charge in [0.05, 0.1) is 10.8 Å². The molecular formula is C19H26N2O5S. The third-order valence-corrected chi connectivity index (χ3v) is 7.32. The molecule has 0 bridgehead atoms. The summed E-state index contributed by atoms with van der Waals surface area (Å²) in [6, 6.07) is 6.11. The number of nitrogens with zero attached hydrogens (tertiary/aromatic N) is 1. The van der Waals surface area contributed by atoms with Crippen LogP contribution in [0.15, 0.2) is 24.3 Å². The van der Waals surface area contributed by atoms with Crippen molar-refractivity contribution < 1.29 is 23.1 Å². The molecule has 3 rings (SSSR count). The van der Waals surface area contributed by atoms with Crippen molar-refractivity contribution in [2.75, 3.05) is 13.1 Å². The number of likely N-dealkylation sites (tertiary alicyclic amines) is 1. The second kappa shape index (κ2) is 8.39.